The number of methoxy groups -OCH3 is 2. The molecule has 2 aromatic carbocycles. The van der Waals surface area contributed by atoms with E-state index in [1.165, 1.54) is 14.2 Å². The average molecular weight is 508 g/mol. The quantitative estimate of drug-likeness (QED) is 0.147. The number of ether oxygens (including phenoxy) is 2. The zero-order valence-electron chi connectivity index (χ0n) is 21.5. The van der Waals surface area contributed by atoms with Gasteiger partial charge in [0.25, 0.3) is 6.07 Å². The van der Waals surface area contributed by atoms with Crippen LogP contribution in [0.25, 0.3) is 16.1 Å². The van der Waals surface area contributed by atoms with Crippen molar-refractivity contribution in [2.24, 2.45) is 0 Å². The maximum atomic E-state index is 12.6. The van der Waals surface area contributed by atoms with Gasteiger partial charge in [-0.3, -0.25) is 0 Å². The summed E-state index contributed by atoms with van der Waals surface area (Å²) in [7, 11) is 2.65. The summed E-state index contributed by atoms with van der Waals surface area (Å²) in [5, 5.41) is 0. The van der Waals surface area contributed by atoms with Gasteiger partial charge in [-0.2, -0.15) is 5.43 Å². The van der Waals surface area contributed by atoms with E-state index in [1.807, 2.05) is 60.7 Å². The highest BCUT2D eigenvalue weighted by Gasteiger charge is 2.40. The number of carbonyl (C=O) groups excluding carboxylic acids is 2. The van der Waals surface area contributed by atoms with Crippen LogP contribution in [0.3, 0.4) is 0 Å². The van der Waals surface area contributed by atoms with E-state index in [0.717, 1.165) is 11.1 Å². The zero-order chi connectivity index (χ0) is 27.4. The first kappa shape index (κ1) is 27.4. The van der Waals surface area contributed by atoms with Gasteiger partial charge in [0.2, 0.25) is 11.9 Å². The summed E-state index contributed by atoms with van der Waals surface area (Å²) < 4.78 is 11.6. The molecule has 7 heteroatoms. The first-order valence-electron chi connectivity index (χ1n) is 11.8. The van der Waals surface area contributed by atoms with E-state index in [-0.39, 0.29) is 12.0 Å². The third-order valence-electron chi connectivity index (χ3n) is 5.75. The molecule has 1 aromatic heterocycles. The lowest BCUT2D eigenvalue weighted by atomic mass is 9.87. The van der Waals surface area contributed by atoms with Crippen molar-refractivity contribution in [1.82, 2.24) is 0 Å². The van der Waals surface area contributed by atoms with Crippen LogP contribution in [-0.2, 0) is 19.8 Å². The van der Waals surface area contributed by atoms with Crippen LogP contribution in [0.4, 0.5) is 0 Å². The second-order valence-corrected chi connectivity index (χ2v) is 8.05. The predicted octanol–water partition coefficient (Wildman–Crippen LogP) is 4.86. The minimum Gasteiger partial charge on any atom is -0.465 e. The Labute approximate surface area is 222 Å². The molecule has 0 bridgehead atoms. The maximum absolute atomic E-state index is 12.6. The number of carbonyl (C=O) groups is 2. The number of nitrogens with zero attached hydrogens (tertiary/aromatic N) is 2. The van der Waals surface area contributed by atoms with Gasteiger partial charge >= 0.3 is 17.5 Å². The van der Waals surface area contributed by atoms with E-state index in [9.17, 15) is 9.59 Å². The van der Waals surface area contributed by atoms with Gasteiger partial charge in [-0.15, -0.1) is 6.42 Å². The molecule has 0 aliphatic heterocycles. The van der Waals surface area contributed by atoms with Crippen molar-refractivity contribution in [1.29, 1.82) is 0 Å². The Morgan fingerprint density at radius 2 is 1.74 bits per heavy atom. The molecule has 3 aromatic rings. The van der Waals surface area contributed by atoms with Crippen LogP contribution in [0.15, 0.2) is 103 Å². The van der Waals surface area contributed by atoms with Crippen LogP contribution >= 0.6 is 0 Å². The number of rotatable bonds is 9. The molecule has 0 amide bonds. The number of pyridine rings is 1. The lowest BCUT2D eigenvalue weighted by molar-refractivity contribution is -0.632. The topological polar surface area (TPSA) is 72.9 Å². The molecule has 0 fully saturated rings. The lowest BCUT2D eigenvalue weighted by Crippen LogP contribution is -2.44. The maximum Gasteiger partial charge on any atom is 0.368 e. The van der Waals surface area contributed by atoms with Gasteiger partial charge in [0.05, 0.1) is 50.5 Å². The molecule has 0 spiro atoms. The minimum absolute atomic E-state index is 0.249. The number of aromatic nitrogens is 1. The fourth-order valence-corrected chi connectivity index (χ4v) is 3.80. The number of esters is 2. The number of benzene rings is 2. The number of nitrogens with one attached hydrogen (secondary N) is 1. The fourth-order valence-electron chi connectivity index (χ4n) is 3.80. The van der Waals surface area contributed by atoms with Crippen molar-refractivity contribution in [2.75, 3.05) is 19.6 Å². The van der Waals surface area contributed by atoms with Crippen molar-refractivity contribution in [3.63, 3.8) is 0 Å². The first-order valence-corrected chi connectivity index (χ1v) is 11.8. The molecule has 1 heterocycles. The van der Waals surface area contributed by atoms with Crippen LogP contribution in [0.5, 0.6) is 0 Å². The molecular weight excluding hydrogens is 478 g/mol. The van der Waals surface area contributed by atoms with Crippen molar-refractivity contribution >= 4 is 11.9 Å². The molecule has 190 valence electrons. The van der Waals surface area contributed by atoms with E-state index in [4.69, 9.17) is 15.9 Å². The van der Waals surface area contributed by atoms with Crippen LogP contribution in [0.2, 0.25) is 0 Å². The Hall–Kier alpha value is -5.14. The smallest absolute Gasteiger partial charge is 0.368 e. The first-order chi connectivity index (χ1) is 18.5. The van der Waals surface area contributed by atoms with Gasteiger partial charge in [0, 0.05) is 17.7 Å². The predicted molar refractivity (Wildman–Crippen MR) is 147 cm³/mol. The molecule has 7 nitrogen and oxygen atoms in total. The van der Waals surface area contributed by atoms with E-state index >= 15 is 0 Å². The average Bonchev–Trinajstić information content (AvgIpc) is 2.98. The molecule has 0 aliphatic carbocycles. The van der Waals surface area contributed by atoms with E-state index in [0.29, 0.717) is 11.3 Å². The molecule has 3 rings (SSSR count). The Morgan fingerprint density at radius 1 is 1.05 bits per heavy atom. The molecule has 0 radical (unpaired) electrons. The molecule has 0 saturated heterocycles. The SMILES string of the molecule is C#CC(CC=C(C=CN[n+]1ccc(C(=O)OC)cc1-c1ccccc1)C(=O)OC)([N+]#CC)c1ccccc1. The van der Waals surface area contributed by atoms with Crippen LogP contribution in [0, 0.1) is 18.4 Å². The van der Waals surface area contributed by atoms with Crippen molar-refractivity contribution in [3.8, 4) is 29.7 Å². The summed E-state index contributed by atoms with van der Waals surface area (Å²) in [5.74, 6) is 1.80. The van der Waals surface area contributed by atoms with Gasteiger partial charge in [0.1, 0.15) is 0 Å². The van der Waals surface area contributed by atoms with Crippen LogP contribution in [-0.4, -0.2) is 26.2 Å². The van der Waals surface area contributed by atoms with Crippen molar-refractivity contribution in [3.05, 3.63) is 119 Å². The summed E-state index contributed by atoms with van der Waals surface area (Å²) in [6.07, 6.45) is 12.8. The van der Waals surface area contributed by atoms with Crippen molar-refractivity contribution < 1.29 is 23.7 Å². The molecule has 38 heavy (non-hydrogen) atoms. The van der Waals surface area contributed by atoms with Gasteiger partial charge in [-0.1, -0.05) is 52.0 Å². The third-order valence-corrected chi connectivity index (χ3v) is 5.75. The van der Waals surface area contributed by atoms with Gasteiger partial charge in [0.15, 0.2) is 0 Å². The van der Waals surface area contributed by atoms with E-state index < -0.39 is 17.5 Å². The number of terminal acetylenes is 1. The van der Waals surface area contributed by atoms with Gasteiger partial charge in [-0.05, 0) is 36.3 Å². The Balaban J connectivity index is 1.94. The van der Waals surface area contributed by atoms with Gasteiger partial charge < -0.3 is 9.47 Å². The summed E-state index contributed by atoms with van der Waals surface area (Å²) in [4.78, 5) is 29.1. The van der Waals surface area contributed by atoms with E-state index in [1.54, 1.807) is 48.3 Å². The van der Waals surface area contributed by atoms with E-state index in [2.05, 4.69) is 22.3 Å². The molecule has 0 saturated carbocycles. The second kappa shape index (κ2) is 13.2. The standard InChI is InChI=1S/C31H28N3O4/c1-5-31(32-6-2,27-15-11-8-12-16-27)20-17-25(29(35)37-3)18-21-33-34-22-19-26(30(36)38-4)23-28(34)24-13-9-7-10-14-24/h1,7-19,21-23H,20H2,2-4H3/q+1/p+1. The monoisotopic (exact) mass is 507 g/mol. The summed E-state index contributed by atoms with van der Waals surface area (Å²) in [5.41, 5.74) is 5.21. The Bertz CT molecular complexity index is 1450. The molecular formula is C31H29N3O4+2. The molecule has 1 N–H and O–H groups in total. The third kappa shape index (κ3) is 6.54. The highest BCUT2D eigenvalue weighted by molar-refractivity contribution is 5.91. The summed E-state index contributed by atoms with van der Waals surface area (Å²) in [6.45, 7) is 1.68. The van der Waals surface area contributed by atoms with Gasteiger partial charge in [-0.25, -0.2) is 9.59 Å². The normalized spacial score (nSPS) is 12.4. The largest absolute Gasteiger partial charge is 0.465 e. The minimum atomic E-state index is -1.02. The molecule has 1 unspecified atom stereocenters. The Kier molecular flexibility index (Phi) is 9.57. The fraction of sp³-hybridized carbons (Fsp3) is 0.161. The Morgan fingerprint density at radius 3 is 2.34 bits per heavy atom. The second-order valence-electron chi connectivity index (χ2n) is 8.05. The lowest BCUT2D eigenvalue weighted by Gasteiger charge is -2.11. The van der Waals surface area contributed by atoms with Crippen molar-refractivity contribution in [2.45, 2.75) is 18.9 Å². The zero-order valence-corrected chi connectivity index (χ0v) is 21.5. The molecule has 0 aliphatic rings. The number of hydrogen-bond donors (Lipinski definition) is 1. The summed E-state index contributed by atoms with van der Waals surface area (Å²) in [6, 6.07) is 25.2. The van der Waals surface area contributed by atoms with Crippen LogP contribution < -0.4 is 10.1 Å². The highest BCUT2D eigenvalue weighted by Crippen LogP contribution is 2.30. The molecule has 1 atom stereocenters. The summed E-state index contributed by atoms with van der Waals surface area (Å²) >= 11 is 0. The number of hydrogen-bond acceptors (Lipinski definition) is 5. The van der Waals surface area contributed by atoms with Crippen LogP contribution in [0.1, 0.15) is 29.3 Å². The highest BCUT2D eigenvalue weighted by atomic mass is 16.5.